The van der Waals surface area contributed by atoms with Crippen molar-refractivity contribution in [3.05, 3.63) is 95.0 Å². The first-order chi connectivity index (χ1) is 21.8. The van der Waals surface area contributed by atoms with Gasteiger partial charge in [0.2, 0.25) is 0 Å². The lowest BCUT2D eigenvalue weighted by molar-refractivity contribution is -0.380. The van der Waals surface area contributed by atoms with Crippen molar-refractivity contribution in [1.82, 2.24) is 30.3 Å². The summed E-state index contributed by atoms with van der Waals surface area (Å²) in [5.74, 6) is 0.472. The first-order valence-electron chi connectivity index (χ1n) is 14.4. The summed E-state index contributed by atoms with van der Waals surface area (Å²) in [5, 5.41) is 18.6. The number of nitrogens with zero attached hydrogens (tertiary/aromatic N) is 4. The number of aromatic nitrogens is 5. The van der Waals surface area contributed by atoms with Gasteiger partial charge in [-0.3, -0.25) is 4.79 Å². The maximum absolute atomic E-state index is 14.5. The molecular weight excluding hydrogens is 606 g/mol. The summed E-state index contributed by atoms with van der Waals surface area (Å²) >= 11 is 0. The number of benzene rings is 3. The van der Waals surface area contributed by atoms with Crippen molar-refractivity contribution < 1.29 is 31.8 Å². The molecule has 0 radical (unpaired) electrons. The fraction of sp³-hybridized carbons (Fsp3) is 0.312. The number of hydrogen-bond acceptors (Lipinski definition) is 7. The van der Waals surface area contributed by atoms with E-state index >= 15 is 0 Å². The van der Waals surface area contributed by atoms with E-state index < -0.39 is 36.2 Å². The zero-order valence-corrected chi connectivity index (χ0v) is 25.4. The Balaban J connectivity index is 1.24. The van der Waals surface area contributed by atoms with Crippen LogP contribution >= 0.6 is 0 Å². The standard InChI is InChI=1S/C32H31F4N7O3/c1-18-10-25(38-17-31(32(34,35)36)16-30(3,46-31)24-13-21(33)8-9-27(24)45-4)23-14-39-43(26(23)11-18)22-7-5-6-20(12-22)29(44)37-15-28-40-19(2)41-42-28/h5-14,38H,15-17H2,1-4H3,(H,37,44)(H,40,41,42). The number of rotatable bonds is 9. The number of amides is 1. The van der Waals surface area contributed by atoms with Crippen LogP contribution < -0.4 is 15.4 Å². The minimum absolute atomic E-state index is 0.168. The maximum Gasteiger partial charge on any atom is 0.419 e. The molecule has 2 aromatic heterocycles. The highest BCUT2D eigenvalue weighted by atomic mass is 19.4. The van der Waals surface area contributed by atoms with Gasteiger partial charge in [0.15, 0.2) is 5.60 Å². The zero-order valence-electron chi connectivity index (χ0n) is 25.4. The monoisotopic (exact) mass is 637 g/mol. The molecule has 14 heteroatoms. The molecule has 2 unspecified atom stereocenters. The minimum Gasteiger partial charge on any atom is -0.496 e. The molecule has 2 atom stereocenters. The number of methoxy groups -OCH3 is 1. The quantitative estimate of drug-likeness (QED) is 0.173. The molecule has 0 saturated carbocycles. The molecule has 1 amide bonds. The van der Waals surface area contributed by atoms with Gasteiger partial charge < -0.3 is 25.1 Å². The van der Waals surface area contributed by atoms with Crippen LogP contribution in [0, 0.1) is 19.7 Å². The summed E-state index contributed by atoms with van der Waals surface area (Å²) in [5.41, 5.74) is -0.932. The summed E-state index contributed by atoms with van der Waals surface area (Å²) in [4.78, 5) is 15.8. The number of fused-ring (bicyclic) bond motifs is 1. The number of hydrogen-bond donors (Lipinski definition) is 3. The number of carbonyl (C=O) groups is 1. The van der Waals surface area contributed by atoms with Crippen LogP contribution in [0.4, 0.5) is 23.2 Å². The van der Waals surface area contributed by atoms with Gasteiger partial charge in [-0.1, -0.05) is 6.07 Å². The van der Waals surface area contributed by atoms with Crippen LogP contribution in [0.1, 0.15) is 46.5 Å². The zero-order chi connectivity index (χ0) is 32.9. The number of alkyl halides is 3. The molecule has 10 nitrogen and oxygen atoms in total. The number of halogens is 4. The average molecular weight is 638 g/mol. The van der Waals surface area contributed by atoms with Crippen molar-refractivity contribution in [3.63, 3.8) is 0 Å². The van der Waals surface area contributed by atoms with Gasteiger partial charge in [0, 0.05) is 28.6 Å². The minimum atomic E-state index is -4.72. The third-order valence-electron chi connectivity index (χ3n) is 8.10. The predicted molar refractivity (Wildman–Crippen MR) is 161 cm³/mol. The molecule has 0 bridgehead atoms. The van der Waals surface area contributed by atoms with E-state index in [1.807, 2.05) is 13.0 Å². The molecule has 46 heavy (non-hydrogen) atoms. The second kappa shape index (κ2) is 11.4. The molecular formula is C32H31F4N7O3. The third-order valence-corrected chi connectivity index (χ3v) is 8.10. The van der Waals surface area contributed by atoms with Crippen molar-refractivity contribution >= 4 is 22.5 Å². The SMILES string of the molecule is COc1ccc(F)cc1C1(C)CC(CNc2cc(C)cc3c2cnn3-c2cccc(C(=O)NCc3nnc(C)[nH]3)c2)(C(F)(F)F)O1. The van der Waals surface area contributed by atoms with E-state index in [4.69, 9.17) is 9.47 Å². The predicted octanol–water partition coefficient (Wildman–Crippen LogP) is 5.89. The van der Waals surface area contributed by atoms with Gasteiger partial charge in [-0.15, -0.1) is 10.2 Å². The molecule has 0 spiro atoms. The molecule has 1 fully saturated rings. The number of ether oxygens (including phenoxy) is 2. The molecule has 3 aromatic carbocycles. The number of aryl methyl sites for hydroxylation is 2. The van der Waals surface area contributed by atoms with Crippen molar-refractivity contribution in [2.24, 2.45) is 0 Å². The van der Waals surface area contributed by atoms with Crippen LogP contribution in [0.15, 0.2) is 60.8 Å². The second-order valence-electron chi connectivity index (χ2n) is 11.6. The van der Waals surface area contributed by atoms with Gasteiger partial charge in [-0.2, -0.15) is 18.3 Å². The van der Waals surface area contributed by atoms with Gasteiger partial charge in [-0.05, 0) is 74.9 Å². The lowest BCUT2D eigenvalue weighted by Crippen LogP contribution is -2.67. The highest BCUT2D eigenvalue weighted by molar-refractivity contribution is 5.96. The smallest absolute Gasteiger partial charge is 0.419 e. The third kappa shape index (κ3) is 5.64. The van der Waals surface area contributed by atoms with E-state index in [1.54, 1.807) is 48.1 Å². The van der Waals surface area contributed by atoms with Crippen LogP contribution in [-0.2, 0) is 16.9 Å². The maximum atomic E-state index is 14.5. The molecule has 3 heterocycles. The van der Waals surface area contributed by atoms with E-state index in [1.165, 1.54) is 26.2 Å². The number of H-pyrrole nitrogens is 1. The van der Waals surface area contributed by atoms with Crippen LogP contribution in [0.25, 0.3) is 16.6 Å². The first kappa shape index (κ1) is 31.0. The lowest BCUT2D eigenvalue weighted by atomic mass is 9.75. The van der Waals surface area contributed by atoms with Gasteiger partial charge >= 0.3 is 6.18 Å². The number of aromatic amines is 1. The van der Waals surface area contributed by atoms with Gasteiger partial charge in [0.05, 0.1) is 43.2 Å². The normalized spacial score (nSPS) is 19.6. The summed E-state index contributed by atoms with van der Waals surface area (Å²) < 4.78 is 70.2. The topological polar surface area (TPSA) is 119 Å². The van der Waals surface area contributed by atoms with Crippen LogP contribution in [0.3, 0.4) is 0 Å². The molecule has 240 valence electrons. The molecule has 5 aromatic rings. The first-order valence-corrected chi connectivity index (χ1v) is 14.4. The van der Waals surface area contributed by atoms with Gasteiger partial charge in [-0.25, -0.2) is 9.07 Å². The Hall–Kier alpha value is -4.98. The highest BCUT2D eigenvalue weighted by Crippen LogP contribution is 2.57. The number of nitrogens with one attached hydrogen (secondary N) is 3. The van der Waals surface area contributed by atoms with E-state index in [0.29, 0.717) is 39.5 Å². The van der Waals surface area contributed by atoms with E-state index in [-0.39, 0.29) is 23.8 Å². The molecule has 1 saturated heterocycles. The lowest BCUT2D eigenvalue weighted by Gasteiger charge is -2.55. The van der Waals surface area contributed by atoms with Crippen LogP contribution in [0.2, 0.25) is 0 Å². The van der Waals surface area contributed by atoms with E-state index in [2.05, 4.69) is 30.9 Å². The van der Waals surface area contributed by atoms with Crippen molar-refractivity contribution in [1.29, 1.82) is 0 Å². The largest absolute Gasteiger partial charge is 0.496 e. The second-order valence-corrected chi connectivity index (χ2v) is 11.6. The Bertz CT molecular complexity index is 1930. The Labute approximate surface area is 261 Å². The fourth-order valence-electron chi connectivity index (χ4n) is 5.94. The van der Waals surface area contributed by atoms with Crippen molar-refractivity contribution in [2.45, 2.75) is 51.1 Å². The number of carbonyl (C=O) groups excluding carboxylic acids is 1. The molecule has 1 aliphatic rings. The van der Waals surface area contributed by atoms with E-state index in [0.717, 1.165) is 11.6 Å². The Morgan fingerprint density at radius 1 is 1.13 bits per heavy atom. The van der Waals surface area contributed by atoms with Crippen LogP contribution in [0.5, 0.6) is 5.75 Å². The summed E-state index contributed by atoms with van der Waals surface area (Å²) in [6, 6.07) is 14.1. The highest BCUT2D eigenvalue weighted by Gasteiger charge is 2.68. The molecule has 3 N–H and O–H groups in total. The number of anilines is 1. The Morgan fingerprint density at radius 3 is 2.61 bits per heavy atom. The summed E-state index contributed by atoms with van der Waals surface area (Å²) in [7, 11) is 1.37. The van der Waals surface area contributed by atoms with Gasteiger partial charge in [0.25, 0.3) is 5.91 Å². The fourth-order valence-corrected chi connectivity index (χ4v) is 5.94. The average Bonchev–Trinajstić information content (AvgIpc) is 3.62. The molecule has 1 aliphatic heterocycles. The van der Waals surface area contributed by atoms with Crippen molar-refractivity contribution in [3.8, 4) is 11.4 Å². The molecule has 6 rings (SSSR count). The van der Waals surface area contributed by atoms with Crippen molar-refractivity contribution in [2.75, 3.05) is 19.0 Å². The summed E-state index contributed by atoms with van der Waals surface area (Å²) in [6.07, 6.45) is -3.62. The molecule has 0 aliphatic carbocycles. The van der Waals surface area contributed by atoms with Crippen LogP contribution in [-0.4, -0.2) is 56.3 Å². The van der Waals surface area contributed by atoms with Gasteiger partial charge in [0.1, 0.15) is 23.2 Å². The Kier molecular flexibility index (Phi) is 7.71. The Morgan fingerprint density at radius 2 is 1.91 bits per heavy atom. The summed E-state index contributed by atoms with van der Waals surface area (Å²) in [6.45, 7) is 4.65. The van der Waals surface area contributed by atoms with E-state index in [9.17, 15) is 22.4 Å².